The van der Waals surface area contributed by atoms with Crippen molar-refractivity contribution in [2.24, 2.45) is 0 Å². The van der Waals surface area contributed by atoms with Gasteiger partial charge in [-0.15, -0.1) is 0 Å². The third kappa shape index (κ3) is 1.23. The molecule has 2 aromatic heterocycles. The summed E-state index contributed by atoms with van der Waals surface area (Å²) in [6.45, 7) is 0. The quantitative estimate of drug-likeness (QED) is 0.581. The maximum atomic E-state index is 11.2. The molecule has 2 heterocycles. The summed E-state index contributed by atoms with van der Waals surface area (Å²) in [4.78, 5) is 13.7. The van der Waals surface area contributed by atoms with Gasteiger partial charge in [0.1, 0.15) is 11.8 Å². The summed E-state index contributed by atoms with van der Waals surface area (Å²) < 4.78 is 1.42. The SMILES string of the molecule is N#CC#Cc1cc2c(=O)[nH]cnn2c1. The van der Waals surface area contributed by atoms with Crippen LogP contribution in [0.1, 0.15) is 5.56 Å². The van der Waals surface area contributed by atoms with E-state index in [1.165, 1.54) is 10.8 Å². The molecule has 0 aliphatic heterocycles. The number of hydrogen-bond donors (Lipinski definition) is 1. The first-order chi connectivity index (χ1) is 6.81. The molecule has 5 heteroatoms. The summed E-state index contributed by atoms with van der Waals surface area (Å²) in [5, 5.41) is 12.1. The Balaban J connectivity index is 2.70. The van der Waals surface area contributed by atoms with E-state index < -0.39 is 0 Å². The molecule has 0 saturated carbocycles. The van der Waals surface area contributed by atoms with Crippen LogP contribution in [0.5, 0.6) is 0 Å². The van der Waals surface area contributed by atoms with Crippen LogP contribution in [0.4, 0.5) is 0 Å². The average Bonchev–Trinajstić information content (AvgIpc) is 2.59. The zero-order valence-electron chi connectivity index (χ0n) is 6.98. The maximum Gasteiger partial charge on any atom is 0.275 e. The highest BCUT2D eigenvalue weighted by molar-refractivity contribution is 5.52. The molecule has 0 bridgehead atoms. The van der Waals surface area contributed by atoms with Crippen molar-refractivity contribution in [1.29, 1.82) is 5.26 Å². The van der Waals surface area contributed by atoms with Crippen molar-refractivity contribution in [1.82, 2.24) is 14.6 Å². The first kappa shape index (κ1) is 8.09. The van der Waals surface area contributed by atoms with Gasteiger partial charge < -0.3 is 4.98 Å². The topological polar surface area (TPSA) is 73.9 Å². The van der Waals surface area contributed by atoms with Crippen molar-refractivity contribution in [3.8, 4) is 17.9 Å². The van der Waals surface area contributed by atoms with E-state index in [-0.39, 0.29) is 5.56 Å². The third-order valence-electron chi connectivity index (χ3n) is 1.67. The normalized spacial score (nSPS) is 9.07. The Morgan fingerprint density at radius 2 is 2.43 bits per heavy atom. The lowest BCUT2D eigenvalue weighted by Crippen LogP contribution is -2.09. The van der Waals surface area contributed by atoms with E-state index in [0.29, 0.717) is 11.1 Å². The van der Waals surface area contributed by atoms with Gasteiger partial charge in [0.15, 0.2) is 6.07 Å². The Morgan fingerprint density at radius 1 is 1.57 bits per heavy atom. The fraction of sp³-hybridized carbons (Fsp3) is 0. The molecular weight excluding hydrogens is 180 g/mol. The minimum absolute atomic E-state index is 0.231. The van der Waals surface area contributed by atoms with Gasteiger partial charge in [-0.3, -0.25) is 4.79 Å². The van der Waals surface area contributed by atoms with Crippen LogP contribution in [0.3, 0.4) is 0 Å². The summed E-state index contributed by atoms with van der Waals surface area (Å²) in [6.07, 6.45) is 2.89. The first-order valence-electron chi connectivity index (χ1n) is 3.77. The molecule has 5 nitrogen and oxygen atoms in total. The Hall–Kier alpha value is -2.53. The molecule has 2 aromatic rings. The number of aromatic amines is 1. The number of nitrogens with one attached hydrogen (secondary N) is 1. The lowest BCUT2D eigenvalue weighted by atomic mass is 10.3. The van der Waals surface area contributed by atoms with Crippen LogP contribution in [0.25, 0.3) is 5.52 Å². The summed E-state index contributed by atoms with van der Waals surface area (Å²) in [5.74, 6) is 4.83. The maximum absolute atomic E-state index is 11.2. The van der Waals surface area contributed by atoms with E-state index in [4.69, 9.17) is 5.26 Å². The minimum atomic E-state index is -0.231. The summed E-state index contributed by atoms with van der Waals surface area (Å²) in [5.41, 5.74) is 0.774. The second kappa shape index (κ2) is 3.08. The molecule has 0 spiro atoms. The lowest BCUT2D eigenvalue weighted by Gasteiger charge is -1.87. The Kier molecular flexibility index (Phi) is 1.78. The molecule has 66 valence electrons. The second-order valence-electron chi connectivity index (χ2n) is 2.54. The highest BCUT2D eigenvalue weighted by Gasteiger charge is 2.00. The van der Waals surface area contributed by atoms with Gasteiger partial charge in [-0.2, -0.15) is 10.4 Å². The van der Waals surface area contributed by atoms with Gasteiger partial charge in [-0.1, -0.05) is 0 Å². The molecule has 0 atom stereocenters. The minimum Gasteiger partial charge on any atom is -0.310 e. The number of aromatic nitrogens is 3. The van der Waals surface area contributed by atoms with Gasteiger partial charge in [-0.05, 0) is 12.0 Å². The van der Waals surface area contributed by atoms with E-state index in [1.54, 1.807) is 18.3 Å². The van der Waals surface area contributed by atoms with E-state index in [2.05, 4.69) is 21.9 Å². The Labute approximate surface area is 78.6 Å². The molecule has 0 aromatic carbocycles. The fourth-order valence-corrected chi connectivity index (χ4v) is 1.11. The van der Waals surface area contributed by atoms with Gasteiger partial charge >= 0.3 is 0 Å². The van der Waals surface area contributed by atoms with E-state index in [1.807, 2.05) is 0 Å². The Morgan fingerprint density at radius 3 is 3.14 bits per heavy atom. The molecule has 0 fully saturated rings. The van der Waals surface area contributed by atoms with Gasteiger partial charge in [0.25, 0.3) is 5.56 Å². The number of rotatable bonds is 0. The molecule has 0 unspecified atom stereocenters. The molecule has 0 saturated heterocycles. The zero-order chi connectivity index (χ0) is 9.97. The Bertz CT molecular complexity index is 632. The van der Waals surface area contributed by atoms with Crippen molar-refractivity contribution in [3.05, 3.63) is 34.5 Å². The fourth-order valence-electron chi connectivity index (χ4n) is 1.11. The van der Waals surface area contributed by atoms with Gasteiger partial charge in [-0.25, -0.2) is 4.52 Å². The number of nitriles is 1. The summed E-state index contributed by atoms with van der Waals surface area (Å²) >= 11 is 0. The van der Waals surface area contributed by atoms with E-state index in [0.717, 1.165) is 0 Å². The first-order valence-corrected chi connectivity index (χ1v) is 3.77. The van der Waals surface area contributed by atoms with E-state index >= 15 is 0 Å². The standard InChI is InChI=1S/C9H4N4O/c10-3-1-2-7-4-8-9(14)11-6-12-13(8)5-7/h4-6H,(H,11,12,14). The monoisotopic (exact) mass is 184 g/mol. The van der Waals surface area contributed by atoms with Crippen molar-refractivity contribution < 1.29 is 0 Å². The smallest absolute Gasteiger partial charge is 0.275 e. The number of fused-ring (bicyclic) bond motifs is 1. The van der Waals surface area contributed by atoms with Crippen molar-refractivity contribution in [2.75, 3.05) is 0 Å². The molecule has 0 aliphatic carbocycles. The largest absolute Gasteiger partial charge is 0.310 e. The highest BCUT2D eigenvalue weighted by atomic mass is 16.1. The predicted octanol–water partition coefficient (Wildman–Crippen LogP) is -0.102. The van der Waals surface area contributed by atoms with Gasteiger partial charge in [0.2, 0.25) is 0 Å². The van der Waals surface area contributed by atoms with Gasteiger partial charge in [0, 0.05) is 17.7 Å². The second-order valence-corrected chi connectivity index (χ2v) is 2.54. The predicted molar refractivity (Wildman–Crippen MR) is 48.3 cm³/mol. The van der Waals surface area contributed by atoms with Crippen molar-refractivity contribution in [3.63, 3.8) is 0 Å². The lowest BCUT2D eigenvalue weighted by molar-refractivity contribution is 0.888. The zero-order valence-corrected chi connectivity index (χ0v) is 6.98. The molecule has 14 heavy (non-hydrogen) atoms. The van der Waals surface area contributed by atoms with Crippen LogP contribution in [-0.2, 0) is 0 Å². The van der Waals surface area contributed by atoms with Crippen LogP contribution in [-0.4, -0.2) is 14.6 Å². The van der Waals surface area contributed by atoms with E-state index in [9.17, 15) is 4.79 Å². The molecule has 0 amide bonds. The molecule has 1 N–H and O–H groups in total. The molecule has 0 aliphatic rings. The van der Waals surface area contributed by atoms with Crippen LogP contribution >= 0.6 is 0 Å². The third-order valence-corrected chi connectivity index (χ3v) is 1.67. The van der Waals surface area contributed by atoms with Crippen LogP contribution in [0.2, 0.25) is 0 Å². The van der Waals surface area contributed by atoms with Crippen LogP contribution < -0.4 is 5.56 Å². The average molecular weight is 184 g/mol. The summed E-state index contributed by atoms with van der Waals surface area (Å²) in [6, 6.07) is 3.28. The van der Waals surface area contributed by atoms with Crippen molar-refractivity contribution >= 4 is 5.52 Å². The number of hydrogen-bond acceptors (Lipinski definition) is 3. The van der Waals surface area contributed by atoms with Crippen LogP contribution in [0, 0.1) is 23.2 Å². The number of nitrogens with zero attached hydrogens (tertiary/aromatic N) is 3. The molecular formula is C9H4N4O. The summed E-state index contributed by atoms with van der Waals surface area (Å²) in [7, 11) is 0. The molecule has 0 radical (unpaired) electrons. The number of H-pyrrole nitrogens is 1. The van der Waals surface area contributed by atoms with Crippen molar-refractivity contribution in [2.45, 2.75) is 0 Å². The van der Waals surface area contributed by atoms with Gasteiger partial charge in [0.05, 0.1) is 0 Å². The van der Waals surface area contributed by atoms with Crippen LogP contribution in [0.15, 0.2) is 23.4 Å². The molecule has 2 rings (SSSR count). The highest BCUT2D eigenvalue weighted by Crippen LogP contribution is 2.01.